The Bertz CT molecular complexity index is 1190. The van der Waals surface area contributed by atoms with Crippen molar-refractivity contribution in [1.29, 1.82) is 0 Å². The number of aryl methyl sites for hydroxylation is 1. The number of benzene rings is 3. The van der Waals surface area contributed by atoms with Crippen molar-refractivity contribution in [3.8, 4) is 0 Å². The number of carbonyl (C=O) groups excluding carboxylic acids is 2. The number of esters is 1. The first-order valence-electron chi connectivity index (χ1n) is 9.25. The summed E-state index contributed by atoms with van der Waals surface area (Å²) in [6.45, 7) is 1.48. The zero-order chi connectivity index (χ0) is 22.4. The highest BCUT2D eigenvalue weighted by Gasteiger charge is 2.15. The van der Waals surface area contributed by atoms with Crippen LogP contribution in [0.4, 0.5) is 17.1 Å². The van der Waals surface area contributed by atoms with Crippen LogP contribution in [0.3, 0.4) is 0 Å². The first-order chi connectivity index (χ1) is 14.7. The molecule has 0 spiro atoms. The van der Waals surface area contributed by atoms with E-state index in [1.165, 1.54) is 24.3 Å². The van der Waals surface area contributed by atoms with Crippen molar-refractivity contribution in [2.75, 3.05) is 17.2 Å². The molecular formula is C22H21N3O5S. The quantitative estimate of drug-likeness (QED) is 0.485. The van der Waals surface area contributed by atoms with Gasteiger partial charge in [0.15, 0.2) is 6.61 Å². The smallest absolute Gasteiger partial charge is 0.340 e. The van der Waals surface area contributed by atoms with Crippen molar-refractivity contribution in [3.05, 3.63) is 83.9 Å². The maximum atomic E-state index is 12.5. The summed E-state index contributed by atoms with van der Waals surface area (Å²) in [5, 5.41) is 10.7. The van der Waals surface area contributed by atoms with Crippen molar-refractivity contribution >= 4 is 39.0 Å². The number of nitrogens with two attached hydrogens (primary N) is 1. The van der Waals surface area contributed by atoms with E-state index in [0.29, 0.717) is 11.4 Å². The molecule has 0 aliphatic rings. The Kier molecular flexibility index (Phi) is 6.68. The van der Waals surface area contributed by atoms with Gasteiger partial charge in [-0.2, -0.15) is 0 Å². The zero-order valence-electron chi connectivity index (χ0n) is 16.7. The monoisotopic (exact) mass is 439 g/mol. The molecular weight excluding hydrogens is 418 g/mol. The van der Waals surface area contributed by atoms with Crippen molar-refractivity contribution < 1.29 is 22.7 Å². The normalized spacial score (nSPS) is 10.9. The molecule has 0 unspecified atom stereocenters. The lowest BCUT2D eigenvalue weighted by molar-refractivity contribution is -0.119. The molecule has 3 aromatic carbocycles. The molecule has 0 atom stereocenters. The molecule has 0 radical (unpaired) electrons. The molecule has 31 heavy (non-hydrogen) atoms. The van der Waals surface area contributed by atoms with Crippen LogP contribution in [0.15, 0.2) is 77.7 Å². The Hall–Kier alpha value is -3.69. The number of amides is 1. The van der Waals surface area contributed by atoms with Gasteiger partial charge in [-0.25, -0.2) is 18.4 Å². The highest BCUT2D eigenvalue weighted by atomic mass is 32.2. The molecule has 0 saturated heterocycles. The number of primary sulfonamides is 1. The highest BCUT2D eigenvalue weighted by molar-refractivity contribution is 7.89. The molecule has 8 nitrogen and oxygen atoms in total. The van der Waals surface area contributed by atoms with Gasteiger partial charge in [0.05, 0.1) is 16.1 Å². The van der Waals surface area contributed by atoms with E-state index in [1.54, 1.807) is 24.3 Å². The molecule has 0 heterocycles. The summed E-state index contributed by atoms with van der Waals surface area (Å²) in [6, 6.07) is 19.8. The second-order valence-corrected chi connectivity index (χ2v) is 8.29. The summed E-state index contributed by atoms with van der Waals surface area (Å²) >= 11 is 0. The Morgan fingerprint density at radius 1 is 0.903 bits per heavy atom. The minimum absolute atomic E-state index is 0.0744. The number of carbonyl (C=O) groups is 2. The third kappa shape index (κ3) is 6.14. The summed E-state index contributed by atoms with van der Waals surface area (Å²) in [6.07, 6.45) is 0. The third-order valence-corrected chi connectivity index (χ3v) is 5.21. The maximum absolute atomic E-state index is 12.5. The van der Waals surface area contributed by atoms with Gasteiger partial charge in [-0.15, -0.1) is 0 Å². The van der Waals surface area contributed by atoms with E-state index in [-0.39, 0.29) is 10.5 Å². The molecule has 160 valence electrons. The fourth-order valence-electron chi connectivity index (χ4n) is 2.70. The third-order valence-electron chi connectivity index (χ3n) is 4.28. The SMILES string of the molecule is Cc1ccc(Nc2ccccc2C(=O)OCC(=O)Nc2ccc(S(N)(=O)=O)cc2)cc1. The van der Waals surface area contributed by atoms with Gasteiger partial charge in [-0.05, 0) is 55.5 Å². The predicted molar refractivity (Wildman–Crippen MR) is 118 cm³/mol. The number of sulfonamides is 1. The van der Waals surface area contributed by atoms with Crippen LogP contribution in [0.25, 0.3) is 0 Å². The molecule has 0 saturated carbocycles. The van der Waals surface area contributed by atoms with E-state index in [9.17, 15) is 18.0 Å². The van der Waals surface area contributed by atoms with Crippen LogP contribution >= 0.6 is 0 Å². The number of nitrogens with one attached hydrogen (secondary N) is 2. The lowest BCUT2D eigenvalue weighted by Gasteiger charge is -2.12. The van der Waals surface area contributed by atoms with Gasteiger partial charge < -0.3 is 15.4 Å². The van der Waals surface area contributed by atoms with Crippen molar-refractivity contribution in [2.24, 2.45) is 5.14 Å². The summed E-state index contributed by atoms with van der Waals surface area (Å²) in [5.74, 6) is -1.23. The topological polar surface area (TPSA) is 128 Å². The Balaban J connectivity index is 1.60. The van der Waals surface area contributed by atoms with Crippen LogP contribution in [-0.2, 0) is 19.6 Å². The fraction of sp³-hybridized carbons (Fsp3) is 0.0909. The Labute approximate surface area is 180 Å². The molecule has 1 amide bonds. The van der Waals surface area contributed by atoms with Gasteiger partial charge in [0.2, 0.25) is 10.0 Å². The number of ether oxygens (including phenoxy) is 1. The molecule has 0 bridgehead atoms. The van der Waals surface area contributed by atoms with E-state index in [4.69, 9.17) is 9.88 Å². The van der Waals surface area contributed by atoms with E-state index in [1.807, 2.05) is 31.2 Å². The number of para-hydroxylation sites is 1. The van der Waals surface area contributed by atoms with Crippen LogP contribution in [0.2, 0.25) is 0 Å². The second-order valence-electron chi connectivity index (χ2n) is 6.73. The average molecular weight is 439 g/mol. The fourth-order valence-corrected chi connectivity index (χ4v) is 3.21. The first kappa shape index (κ1) is 22.0. The summed E-state index contributed by atoms with van der Waals surface area (Å²) < 4.78 is 27.7. The lowest BCUT2D eigenvalue weighted by Crippen LogP contribution is -2.21. The Morgan fingerprint density at radius 3 is 2.16 bits per heavy atom. The zero-order valence-corrected chi connectivity index (χ0v) is 17.5. The van der Waals surface area contributed by atoms with Gasteiger partial charge in [-0.3, -0.25) is 4.79 Å². The van der Waals surface area contributed by atoms with Crippen LogP contribution in [-0.4, -0.2) is 26.9 Å². The molecule has 0 aliphatic carbocycles. The minimum Gasteiger partial charge on any atom is -0.452 e. The molecule has 0 fully saturated rings. The Morgan fingerprint density at radius 2 is 1.52 bits per heavy atom. The highest BCUT2D eigenvalue weighted by Crippen LogP contribution is 2.22. The lowest BCUT2D eigenvalue weighted by atomic mass is 10.1. The van der Waals surface area contributed by atoms with Crippen LogP contribution in [0, 0.1) is 6.92 Å². The van der Waals surface area contributed by atoms with Crippen LogP contribution in [0.5, 0.6) is 0 Å². The number of rotatable bonds is 7. The van der Waals surface area contributed by atoms with Gasteiger partial charge >= 0.3 is 5.97 Å². The van der Waals surface area contributed by atoms with E-state index >= 15 is 0 Å². The number of hydrogen-bond acceptors (Lipinski definition) is 6. The summed E-state index contributed by atoms with van der Waals surface area (Å²) in [4.78, 5) is 24.5. The maximum Gasteiger partial charge on any atom is 0.340 e. The minimum atomic E-state index is -3.82. The average Bonchev–Trinajstić information content (AvgIpc) is 2.74. The number of hydrogen-bond donors (Lipinski definition) is 3. The predicted octanol–water partition coefficient (Wildman–Crippen LogP) is 3.18. The second kappa shape index (κ2) is 9.41. The largest absolute Gasteiger partial charge is 0.452 e. The van der Waals surface area contributed by atoms with Crippen molar-refractivity contribution in [1.82, 2.24) is 0 Å². The number of anilines is 3. The summed E-state index contributed by atoms with van der Waals surface area (Å²) in [5.41, 5.74) is 3.11. The molecule has 4 N–H and O–H groups in total. The molecule has 3 rings (SSSR count). The van der Waals surface area contributed by atoms with Gasteiger partial charge in [0.25, 0.3) is 5.91 Å². The molecule has 0 aliphatic heterocycles. The summed E-state index contributed by atoms with van der Waals surface area (Å²) in [7, 11) is -3.82. The van der Waals surface area contributed by atoms with Gasteiger partial charge in [0, 0.05) is 11.4 Å². The first-order valence-corrected chi connectivity index (χ1v) is 10.8. The van der Waals surface area contributed by atoms with Crippen molar-refractivity contribution in [3.63, 3.8) is 0 Å². The van der Waals surface area contributed by atoms with E-state index in [2.05, 4.69) is 10.6 Å². The van der Waals surface area contributed by atoms with Crippen molar-refractivity contribution in [2.45, 2.75) is 11.8 Å². The standard InChI is InChI=1S/C22H21N3O5S/c1-15-6-8-16(9-7-15)24-20-5-3-2-4-19(20)22(27)30-14-21(26)25-17-10-12-18(13-11-17)31(23,28)29/h2-13,24H,14H2,1H3,(H,25,26)(H2,23,28,29). The van der Waals surface area contributed by atoms with Crippen LogP contribution < -0.4 is 15.8 Å². The molecule has 9 heteroatoms. The molecule has 3 aromatic rings. The van der Waals surface area contributed by atoms with E-state index in [0.717, 1.165) is 11.3 Å². The van der Waals surface area contributed by atoms with Gasteiger partial charge in [-0.1, -0.05) is 29.8 Å². The van der Waals surface area contributed by atoms with E-state index < -0.39 is 28.5 Å². The van der Waals surface area contributed by atoms with Crippen LogP contribution in [0.1, 0.15) is 15.9 Å². The van der Waals surface area contributed by atoms with Gasteiger partial charge in [0.1, 0.15) is 0 Å². The molecule has 0 aromatic heterocycles.